The number of nitrogens with zero attached hydrogens (tertiary/aromatic N) is 1. The van der Waals surface area contributed by atoms with Gasteiger partial charge in [0.05, 0.1) is 18.9 Å². The molecule has 0 unspecified atom stereocenters. The first kappa shape index (κ1) is 15.3. The molecule has 0 atom stereocenters. The van der Waals surface area contributed by atoms with Crippen LogP contribution in [0.4, 0.5) is 0 Å². The number of methoxy groups -OCH3 is 1. The van der Waals surface area contributed by atoms with Crippen molar-refractivity contribution in [2.24, 2.45) is 5.10 Å². The quantitative estimate of drug-likeness (QED) is 0.664. The van der Waals surface area contributed by atoms with Crippen LogP contribution in [0.25, 0.3) is 0 Å². The van der Waals surface area contributed by atoms with Gasteiger partial charge in [0.2, 0.25) is 0 Å². The summed E-state index contributed by atoms with van der Waals surface area (Å²) >= 11 is 3.32. The Labute approximate surface area is 131 Å². The van der Waals surface area contributed by atoms with E-state index in [1.165, 1.54) is 13.3 Å². The smallest absolute Gasteiger partial charge is 0.275 e. The van der Waals surface area contributed by atoms with Crippen LogP contribution in [0.1, 0.15) is 28.8 Å². The van der Waals surface area contributed by atoms with Gasteiger partial charge in [0.15, 0.2) is 0 Å². The Kier molecular flexibility index (Phi) is 5.16. The average molecular weight is 351 g/mol. The maximum Gasteiger partial charge on any atom is 0.275 e. The molecule has 1 N–H and O–H groups in total. The molecule has 0 aliphatic rings. The number of hydrazone groups is 1. The number of hydrogen-bond donors (Lipinski definition) is 1. The highest BCUT2D eigenvalue weighted by atomic mass is 79.9. The summed E-state index contributed by atoms with van der Waals surface area (Å²) in [6.07, 6.45) is 2.27. The van der Waals surface area contributed by atoms with Crippen LogP contribution < -0.4 is 10.2 Å². The molecule has 110 valence electrons. The second kappa shape index (κ2) is 7.08. The fraction of sp³-hybridized carbons (Fsp3) is 0.200. The van der Waals surface area contributed by atoms with Crippen molar-refractivity contribution >= 4 is 28.1 Å². The Hall–Kier alpha value is -2.08. The van der Waals surface area contributed by atoms with Crippen LogP contribution in [0, 0.1) is 0 Å². The third-order valence-electron chi connectivity index (χ3n) is 2.79. The van der Waals surface area contributed by atoms with Gasteiger partial charge < -0.3 is 9.15 Å². The fourth-order valence-corrected chi connectivity index (χ4v) is 2.09. The molecule has 2 aromatic rings. The van der Waals surface area contributed by atoms with E-state index in [0.717, 1.165) is 16.7 Å². The summed E-state index contributed by atoms with van der Waals surface area (Å²) < 4.78 is 11.4. The van der Waals surface area contributed by atoms with Crippen molar-refractivity contribution in [3.8, 4) is 5.75 Å². The van der Waals surface area contributed by atoms with Gasteiger partial charge in [0, 0.05) is 10.9 Å². The molecule has 1 aromatic carbocycles. The molecule has 0 saturated heterocycles. The van der Waals surface area contributed by atoms with Gasteiger partial charge in [-0.25, -0.2) is 5.43 Å². The molecule has 0 bridgehead atoms. The number of carbonyl (C=O) groups excluding carboxylic acids is 1. The van der Waals surface area contributed by atoms with Crippen molar-refractivity contribution in [1.82, 2.24) is 5.43 Å². The Morgan fingerprint density at radius 1 is 1.43 bits per heavy atom. The third-order valence-corrected chi connectivity index (χ3v) is 3.29. The van der Waals surface area contributed by atoms with Crippen molar-refractivity contribution in [2.45, 2.75) is 13.3 Å². The zero-order chi connectivity index (χ0) is 15.2. The normalized spacial score (nSPS) is 10.8. The monoisotopic (exact) mass is 350 g/mol. The average Bonchev–Trinajstić information content (AvgIpc) is 2.95. The number of hydrogen-bond acceptors (Lipinski definition) is 4. The van der Waals surface area contributed by atoms with Crippen LogP contribution in [0.2, 0.25) is 0 Å². The highest BCUT2D eigenvalue weighted by Crippen LogP contribution is 2.22. The number of ether oxygens (including phenoxy) is 1. The van der Waals surface area contributed by atoms with Crippen LogP contribution in [-0.4, -0.2) is 19.2 Å². The highest BCUT2D eigenvalue weighted by Gasteiger charge is 2.12. The summed E-state index contributed by atoms with van der Waals surface area (Å²) in [6, 6.07) is 8.86. The van der Waals surface area contributed by atoms with Crippen molar-refractivity contribution in [3.05, 3.63) is 51.9 Å². The van der Waals surface area contributed by atoms with E-state index >= 15 is 0 Å². The molecule has 5 nitrogen and oxygen atoms in total. The van der Waals surface area contributed by atoms with Crippen LogP contribution >= 0.6 is 15.9 Å². The van der Waals surface area contributed by atoms with Crippen molar-refractivity contribution in [1.29, 1.82) is 0 Å². The molecule has 2 rings (SSSR count). The SMILES string of the molecule is CCc1ccc(/C=N\NC(=O)c2cc(Br)ccc2OC)o1. The number of amides is 1. The Bertz CT molecular complexity index is 665. The molecule has 0 saturated carbocycles. The predicted molar refractivity (Wildman–Crippen MR) is 83.8 cm³/mol. The number of furan rings is 1. The largest absolute Gasteiger partial charge is 0.496 e. The summed E-state index contributed by atoms with van der Waals surface area (Å²) in [5.74, 6) is 1.59. The molecule has 21 heavy (non-hydrogen) atoms. The summed E-state index contributed by atoms with van der Waals surface area (Å²) in [4.78, 5) is 12.1. The first-order chi connectivity index (χ1) is 10.1. The second-order valence-electron chi connectivity index (χ2n) is 4.20. The first-order valence-corrected chi connectivity index (χ1v) is 7.19. The van der Waals surface area contributed by atoms with Crippen molar-refractivity contribution in [2.75, 3.05) is 7.11 Å². The number of carbonyl (C=O) groups is 1. The van der Waals surface area contributed by atoms with Gasteiger partial charge in [0.25, 0.3) is 5.91 Å². The topological polar surface area (TPSA) is 63.8 Å². The van der Waals surface area contributed by atoms with Gasteiger partial charge in [0.1, 0.15) is 17.3 Å². The van der Waals surface area contributed by atoms with Gasteiger partial charge in [-0.15, -0.1) is 0 Å². The second-order valence-corrected chi connectivity index (χ2v) is 5.12. The van der Waals surface area contributed by atoms with E-state index in [9.17, 15) is 4.79 Å². The maximum absolute atomic E-state index is 12.1. The van der Waals surface area contributed by atoms with Gasteiger partial charge in [-0.2, -0.15) is 5.10 Å². The first-order valence-electron chi connectivity index (χ1n) is 6.39. The molecule has 6 heteroatoms. The molecule has 0 radical (unpaired) electrons. The zero-order valence-corrected chi connectivity index (χ0v) is 13.3. The molecule has 1 amide bonds. The Morgan fingerprint density at radius 2 is 2.24 bits per heavy atom. The molecule has 1 aromatic heterocycles. The molecule has 0 fully saturated rings. The van der Waals surface area contributed by atoms with Gasteiger partial charge >= 0.3 is 0 Å². The van der Waals surface area contributed by atoms with Crippen LogP contribution in [-0.2, 0) is 6.42 Å². The van der Waals surface area contributed by atoms with Gasteiger partial charge in [-0.1, -0.05) is 22.9 Å². The van der Waals surface area contributed by atoms with E-state index in [-0.39, 0.29) is 5.91 Å². The van der Waals surface area contributed by atoms with Crippen LogP contribution in [0.3, 0.4) is 0 Å². The molecule has 0 aliphatic heterocycles. The lowest BCUT2D eigenvalue weighted by atomic mass is 10.2. The predicted octanol–water partition coefficient (Wildman–Crippen LogP) is 3.38. The fourth-order valence-electron chi connectivity index (χ4n) is 1.73. The molecular weight excluding hydrogens is 336 g/mol. The summed E-state index contributed by atoms with van der Waals surface area (Å²) in [6.45, 7) is 2.00. The summed E-state index contributed by atoms with van der Waals surface area (Å²) in [5, 5.41) is 3.88. The molecular formula is C15H15BrN2O3. The minimum atomic E-state index is -0.355. The minimum Gasteiger partial charge on any atom is -0.496 e. The lowest BCUT2D eigenvalue weighted by Gasteiger charge is -2.07. The zero-order valence-electron chi connectivity index (χ0n) is 11.7. The number of halogens is 1. The number of rotatable bonds is 5. The third kappa shape index (κ3) is 3.95. The lowest BCUT2D eigenvalue weighted by molar-refractivity contribution is 0.0952. The number of aryl methyl sites for hydroxylation is 1. The lowest BCUT2D eigenvalue weighted by Crippen LogP contribution is -2.18. The highest BCUT2D eigenvalue weighted by molar-refractivity contribution is 9.10. The van der Waals surface area contributed by atoms with E-state index in [1.54, 1.807) is 24.3 Å². The maximum atomic E-state index is 12.1. The van der Waals surface area contributed by atoms with Crippen LogP contribution in [0.5, 0.6) is 5.75 Å². The molecule has 1 heterocycles. The summed E-state index contributed by atoms with van der Waals surface area (Å²) in [5.41, 5.74) is 2.85. The molecule has 0 aliphatic carbocycles. The summed E-state index contributed by atoms with van der Waals surface area (Å²) in [7, 11) is 1.51. The van der Waals surface area contributed by atoms with E-state index in [1.807, 2.05) is 13.0 Å². The van der Waals surface area contributed by atoms with Gasteiger partial charge in [-0.3, -0.25) is 4.79 Å². The van der Waals surface area contributed by atoms with E-state index in [0.29, 0.717) is 17.1 Å². The Balaban J connectivity index is 2.06. The Morgan fingerprint density at radius 3 is 2.90 bits per heavy atom. The molecule has 0 spiro atoms. The standard InChI is InChI=1S/C15H15BrN2O3/c1-3-11-5-6-12(21-11)9-17-18-15(19)13-8-10(16)4-7-14(13)20-2/h4-9H,3H2,1-2H3,(H,18,19)/b17-9-. The van der Waals surface area contributed by atoms with Gasteiger partial charge in [-0.05, 0) is 30.3 Å². The number of nitrogens with one attached hydrogen (secondary N) is 1. The van der Waals surface area contributed by atoms with Crippen molar-refractivity contribution in [3.63, 3.8) is 0 Å². The van der Waals surface area contributed by atoms with E-state index < -0.39 is 0 Å². The van der Waals surface area contributed by atoms with E-state index in [2.05, 4.69) is 26.5 Å². The van der Waals surface area contributed by atoms with Crippen molar-refractivity contribution < 1.29 is 13.9 Å². The number of benzene rings is 1. The van der Waals surface area contributed by atoms with E-state index in [4.69, 9.17) is 9.15 Å². The minimum absolute atomic E-state index is 0.355. The van der Waals surface area contributed by atoms with Crippen LogP contribution in [0.15, 0.2) is 44.3 Å².